The molecular weight excluding hydrogens is 428 g/mol. The lowest BCUT2D eigenvalue weighted by Crippen LogP contribution is -2.16. The van der Waals surface area contributed by atoms with Crippen LogP contribution in [-0.4, -0.2) is 29.8 Å². The van der Waals surface area contributed by atoms with E-state index in [0.29, 0.717) is 41.2 Å². The second-order valence-corrected chi connectivity index (χ2v) is 7.25. The van der Waals surface area contributed by atoms with Crippen LogP contribution in [0.15, 0.2) is 71.1 Å². The summed E-state index contributed by atoms with van der Waals surface area (Å²) in [7, 11) is 0. The lowest BCUT2D eigenvalue weighted by atomic mass is 10.1. The third kappa shape index (κ3) is 3.76. The van der Waals surface area contributed by atoms with Crippen molar-refractivity contribution < 1.29 is 28.4 Å². The van der Waals surface area contributed by atoms with Gasteiger partial charge in [-0.25, -0.2) is 0 Å². The van der Waals surface area contributed by atoms with E-state index in [1.807, 2.05) is 0 Å². The van der Waals surface area contributed by atoms with Crippen LogP contribution in [-0.2, 0) is 0 Å². The first-order valence-corrected chi connectivity index (χ1v) is 10.0. The standard InChI is InChI=1S/C24H16N2O7/c27-22(14-8-9-19-20(13-14)32-11-10-31-19)23-21(17-6-1-2-7-18(17)33-23)25-24(28)15-4-3-5-16(12-15)26(29)30/h1-9,12-13H,10-11H2,(H,25,28). The van der Waals surface area contributed by atoms with Gasteiger partial charge in [0.15, 0.2) is 17.3 Å². The minimum Gasteiger partial charge on any atom is -0.486 e. The van der Waals surface area contributed by atoms with E-state index in [9.17, 15) is 19.7 Å². The monoisotopic (exact) mass is 444 g/mol. The molecule has 1 amide bonds. The second-order valence-electron chi connectivity index (χ2n) is 7.25. The fourth-order valence-electron chi connectivity index (χ4n) is 3.59. The van der Waals surface area contributed by atoms with Crippen molar-refractivity contribution in [2.75, 3.05) is 18.5 Å². The number of hydrogen-bond acceptors (Lipinski definition) is 7. The van der Waals surface area contributed by atoms with E-state index in [-0.39, 0.29) is 22.7 Å². The lowest BCUT2D eigenvalue weighted by molar-refractivity contribution is -0.384. The van der Waals surface area contributed by atoms with Gasteiger partial charge in [0.2, 0.25) is 5.78 Å². The zero-order valence-corrected chi connectivity index (χ0v) is 17.1. The third-order valence-corrected chi connectivity index (χ3v) is 5.16. The van der Waals surface area contributed by atoms with Crippen molar-refractivity contribution in [2.24, 2.45) is 0 Å². The number of nitro groups is 1. The highest BCUT2D eigenvalue weighted by Gasteiger charge is 2.25. The van der Waals surface area contributed by atoms with Crippen LogP contribution in [0, 0.1) is 10.1 Å². The number of amides is 1. The van der Waals surface area contributed by atoms with Gasteiger partial charge in [-0.15, -0.1) is 0 Å². The molecule has 0 bridgehead atoms. The maximum atomic E-state index is 13.4. The number of carbonyl (C=O) groups excluding carboxylic acids is 2. The maximum absolute atomic E-state index is 13.4. The van der Waals surface area contributed by atoms with Gasteiger partial charge in [-0.05, 0) is 36.4 Å². The first-order valence-electron chi connectivity index (χ1n) is 10.0. The van der Waals surface area contributed by atoms with E-state index >= 15 is 0 Å². The SMILES string of the molecule is O=C(Nc1c(C(=O)c2ccc3c(c2)OCCO3)oc2ccccc12)c1cccc([N+](=O)[O-])c1. The van der Waals surface area contributed by atoms with Gasteiger partial charge in [0.05, 0.1) is 10.6 Å². The Balaban J connectivity index is 1.54. The summed E-state index contributed by atoms with van der Waals surface area (Å²) in [5.41, 5.74) is 0.748. The van der Waals surface area contributed by atoms with Crippen LogP contribution in [0.5, 0.6) is 11.5 Å². The molecule has 9 nitrogen and oxygen atoms in total. The zero-order chi connectivity index (χ0) is 22.9. The number of nitrogens with zero attached hydrogens (tertiary/aromatic N) is 1. The largest absolute Gasteiger partial charge is 0.486 e. The molecule has 0 radical (unpaired) electrons. The Labute approximate surface area is 186 Å². The molecule has 1 N–H and O–H groups in total. The fourth-order valence-corrected chi connectivity index (χ4v) is 3.59. The van der Waals surface area contributed by atoms with E-state index in [1.54, 1.807) is 42.5 Å². The van der Waals surface area contributed by atoms with Crippen LogP contribution in [0.3, 0.4) is 0 Å². The Morgan fingerprint density at radius 3 is 2.48 bits per heavy atom. The number of ketones is 1. The molecule has 0 unspecified atom stereocenters. The Hall–Kier alpha value is -4.66. The van der Waals surface area contributed by atoms with Crippen LogP contribution in [0.25, 0.3) is 11.0 Å². The van der Waals surface area contributed by atoms with Gasteiger partial charge in [0.1, 0.15) is 18.8 Å². The topological polar surface area (TPSA) is 121 Å². The number of furan rings is 1. The first-order chi connectivity index (χ1) is 16.0. The molecule has 33 heavy (non-hydrogen) atoms. The van der Waals surface area contributed by atoms with E-state index in [4.69, 9.17) is 13.9 Å². The molecule has 1 aliphatic heterocycles. The maximum Gasteiger partial charge on any atom is 0.270 e. The number of carbonyl (C=O) groups is 2. The molecule has 0 fully saturated rings. The number of nitrogens with one attached hydrogen (secondary N) is 1. The average molecular weight is 444 g/mol. The predicted molar refractivity (Wildman–Crippen MR) is 118 cm³/mol. The quantitative estimate of drug-likeness (QED) is 0.271. The molecule has 164 valence electrons. The number of para-hydroxylation sites is 1. The number of hydrogen-bond donors (Lipinski definition) is 1. The van der Waals surface area contributed by atoms with Crippen molar-refractivity contribution in [3.8, 4) is 11.5 Å². The summed E-state index contributed by atoms with van der Waals surface area (Å²) in [4.78, 5) is 36.7. The van der Waals surface area contributed by atoms with Crippen molar-refractivity contribution in [1.29, 1.82) is 0 Å². The highest BCUT2D eigenvalue weighted by Crippen LogP contribution is 2.36. The smallest absolute Gasteiger partial charge is 0.270 e. The molecule has 0 spiro atoms. The first kappa shape index (κ1) is 20.3. The number of benzene rings is 3. The molecule has 4 aromatic rings. The Morgan fingerprint density at radius 2 is 1.67 bits per heavy atom. The van der Waals surface area contributed by atoms with Crippen LogP contribution < -0.4 is 14.8 Å². The van der Waals surface area contributed by atoms with Crippen LogP contribution >= 0.6 is 0 Å². The molecule has 5 rings (SSSR count). The average Bonchev–Trinajstić information content (AvgIpc) is 3.21. The molecule has 0 saturated heterocycles. The number of anilines is 1. The fraction of sp³-hybridized carbons (Fsp3) is 0.0833. The normalized spacial score (nSPS) is 12.4. The number of nitro benzene ring substituents is 1. The van der Waals surface area contributed by atoms with Crippen molar-refractivity contribution in [3.05, 3.63) is 93.7 Å². The molecule has 1 aliphatic rings. The zero-order valence-electron chi connectivity index (χ0n) is 17.1. The Morgan fingerprint density at radius 1 is 0.879 bits per heavy atom. The Kier molecular flexibility index (Phi) is 4.98. The van der Waals surface area contributed by atoms with Gasteiger partial charge in [0, 0.05) is 28.6 Å². The summed E-state index contributed by atoms with van der Waals surface area (Å²) >= 11 is 0. The highest BCUT2D eigenvalue weighted by atomic mass is 16.6. The van der Waals surface area contributed by atoms with Crippen LogP contribution in [0.2, 0.25) is 0 Å². The number of ether oxygens (including phenoxy) is 2. The molecular formula is C24H16N2O7. The van der Waals surface area contributed by atoms with Gasteiger partial charge in [-0.1, -0.05) is 18.2 Å². The minimum absolute atomic E-state index is 0.0633. The minimum atomic E-state index is -0.610. The number of non-ortho nitro benzene ring substituents is 1. The van der Waals surface area contributed by atoms with Crippen LogP contribution in [0.1, 0.15) is 26.5 Å². The molecule has 1 aromatic heterocycles. The van der Waals surface area contributed by atoms with E-state index in [2.05, 4.69) is 5.32 Å². The van der Waals surface area contributed by atoms with Crippen molar-refractivity contribution >= 4 is 34.0 Å². The Bertz CT molecular complexity index is 1420. The molecule has 2 heterocycles. The summed E-state index contributed by atoms with van der Waals surface area (Å²) < 4.78 is 16.9. The van der Waals surface area contributed by atoms with Crippen LogP contribution in [0.4, 0.5) is 11.4 Å². The lowest BCUT2D eigenvalue weighted by Gasteiger charge is -2.18. The third-order valence-electron chi connectivity index (χ3n) is 5.16. The van der Waals surface area contributed by atoms with Gasteiger partial charge in [-0.2, -0.15) is 0 Å². The molecule has 3 aromatic carbocycles. The predicted octanol–water partition coefficient (Wildman–Crippen LogP) is 4.60. The summed E-state index contributed by atoms with van der Waals surface area (Å²) in [5.74, 6) is -0.141. The van der Waals surface area contributed by atoms with E-state index in [0.717, 1.165) is 0 Å². The summed E-state index contributed by atoms with van der Waals surface area (Å²) in [6.07, 6.45) is 0. The number of fused-ring (bicyclic) bond motifs is 2. The molecule has 9 heteroatoms. The highest BCUT2D eigenvalue weighted by molar-refractivity contribution is 6.19. The summed E-state index contributed by atoms with van der Waals surface area (Å²) in [5, 5.41) is 14.3. The van der Waals surface area contributed by atoms with Gasteiger partial charge in [-0.3, -0.25) is 19.7 Å². The molecule has 0 atom stereocenters. The van der Waals surface area contributed by atoms with E-state index in [1.165, 1.54) is 24.3 Å². The van der Waals surface area contributed by atoms with Gasteiger partial charge in [0.25, 0.3) is 11.6 Å². The van der Waals surface area contributed by atoms with Crippen molar-refractivity contribution in [2.45, 2.75) is 0 Å². The molecule has 0 aliphatic carbocycles. The molecule has 0 saturated carbocycles. The van der Waals surface area contributed by atoms with Crippen molar-refractivity contribution in [3.63, 3.8) is 0 Å². The summed E-state index contributed by atoms with van der Waals surface area (Å²) in [6, 6.07) is 17.0. The van der Waals surface area contributed by atoms with Crippen molar-refractivity contribution in [1.82, 2.24) is 0 Å². The summed E-state index contributed by atoms with van der Waals surface area (Å²) in [6.45, 7) is 0.803. The number of rotatable bonds is 5. The van der Waals surface area contributed by atoms with Gasteiger partial charge < -0.3 is 19.2 Å². The van der Waals surface area contributed by atoms with Gasteiger partial charge >= 0.3 is 0 Å². The van der Waals surface area contributed by atoms with E-state index < -0.39 is 16.6 Å². The second kappa shape index (κ2) is 8.12.